The molecule has 0 aromatic carbocycles. The Morgan fingerprint density at radius 3 is 2.65 bits per heavy atom. The highest BCUT2D eigenvalue weighted by molar-refractivity contribution is 5.76. The number of aromatic nitrogens is 6. The molecule has 2 heterocycles. The zero-order chi connectivity index (χ0) is 14.9. The summed E-state index contributed by atoms with van der Waals surface area (Å²) in [6, 6.07) is 1.89. The van der Waals surface area contributed by atoms with E-state index in [1.54, 1.807) is 18.5 Å². The van der Waals surface area contributed by atoms with Crippen molar-refractivity contribution < 1.29 is 9.90 Å². The van der Waals surface area contributed by atoms with Gasteiger partial charge in [-0.15, -0.1) is 5.10 Å². The number of aliphatic carboxylic acids is 1. The van der Waals surface area contributed by atoms with Gasteiger partial charge in [-0.2, -0.15) is 5.10 Å². The monoisotopic (exact) mass is 278 g/mol. The average Bonchev–Trinajstić information content (AvgIpc) is 3.04. The van der Waals surface area contributed by atoms with Crippen LogP contribution in [0.3, 0.4) is 0 Å². The number of rotatable bonds is 5. The highest BCUT2D eigenvalue weighted by Gasteiger charge is 2.34. The summed E-state index contributed by atoms with van der Waals surface area (Å²) in [6.45, 7) is 7.75. The summed E-state index contributed by atoms with van der Waals surface area (Å²) in [7, 11) is 0. The van der Waals surface area contributed by atoms with Gasteiger partial charge in [-0.25, -0.2) is 9.48 Å². The van der Waals surface area contributed by atoms with Gasteiger partial charge in [0.2, 0.25) is 5.82 Å². The molecule has 2 aromatic rings. The predicted octanol–water partition coefficient (Wildman–Crippen LogP) is 0.939. The van der Waals surface area contributed by atoms with Crippen LogP contribution in [0.4, 0.5) is 0 Å². The Hall–Kier alpha value is -2.25. The van der Waals surface area contributed by atoms with Crippen molar-refractivity contribution >= 4 is 5.97 Å². The van der Waals surface area contributed by atoms with Crippen molar-refractivity contribution in [1.82, 2.24) is 30.0 Å². The summed E-state index contributed by atoms with van der Waals surface area (Å²) in [5, 5.41) is 25.2. The van der Waals surface area contributed by atoms with Crippen molar-refractivity contribution in [2.24, 2.45) is 0 Å². The van der Waals surface area contributed by atoms with E-state index in [2.05, 4.69) is 20.6 Å². The van der Waals surface area contributed by atoms with Gasteiger partial charge in [0.25, 0.3) is 0 Å². The summed E-state index contributed by atoms with van der Waals surface area (Å²) >= 11 is 0. The maximum Gasteiger partial charge on any atom is 0.331 e. The van der Waals surface area contributed by atoms with Gasteiger partial charge >= 0.3 is 5.97 Å². The lowest BCUT2D eigenvalue weighted by Gasteiger charge is -2.20. The zero-order valence-electron chi connectivity index (χ0n) is 12.0. The van der Waals surface area contributed by atoms with Gasteiger partial charge in [0.15, 0.2) is 5.54 Å². The predicted molar refractivity (Wildman–Crippen MR) is 71.0 cm³/mol. The maximum absolute atomic E-state index is 11.4. The fourth-order valence-corrected chi connectivity index (χ4v) is 1.88. The molecule has 108 valence electrons. The van der Waals surface area contributed by atoms with Crippen LogP contribution in [0.5, 0.6) is 0 Å². The quantitative estimate of drug-likeness (QED) is 0.873. The number of carbonyl (C=O) groups is 1. The number of tetrazole rings is 1. The first kappa shape index (κ1) is 14.2. The van der Waals surface area contributed by atoms with E-state index in [4.69, 9.17) is 0 Å². The topological polar surface area (TPSA) is 98.7 Å². The van der Waals surface area contributed by atoms with E-state index in [-0.39, 0.29) is 0 Å². The maximum atomic E-state index is 11.4. The minimum atomic E-state index is -1.23. The van der Waals surface area contributed by atoms with Crippen molar-refractivity contribution in [2.45, 2.75) is 46.2 Å². The lowest BCUT2D eigenvalue weighted by molar-refractivity contribution is -0.146. The molecule has 0 bridgehead atoms. The van der Waals surface area contributed by atoms with Crippen LogP contribution >= 0.6 is 0 Å². The van der Waals surface area contributed by atoms with E-state index in [9.17, 15) is 9.90 Å². The molecule has 0 radical (unpaired) electrons. The van der Waals surface area contributed by atoms with E-state index in [0.717, 1.165) is 17.8 Å². The Kier molecular flexibility index (Phi) is 3.56. The molecule has 0 saturated heterocycles. The molecular weight excluding hydrogens is 260 g/mol. The number of carboxylic acids is 1. The highest BCUT2D eigenvalue weighted by atomic mass is 16.4. The number of aryl methyl sites for hydroxylation is 2. The van der Waals surface area contributed by atoms with Crippen molar-refractivity contribution in [1.29, 1.82) is 0 Å². The minimum absolute atomic E-state index is 0.409. The Morgan fingerprint density at radius 2 is 2.10 bits per heavy atom. The lowest BCUT2D eigenvalue weighted by atomic mass is 10.1. The molecule has 0 aliphatic rings. The van der Waals surface area contributed by atoms with Crippen LogP contribution in [0.15, 0.2) is 6.07 Å². The molecule has 0 unspecified atom stereocenters. The molecule has 2 rings (SSSR count). The van der Waals surface area contributed by atoms with Gasteiger partial charge in [0.05, 0.1) is 5.69 Å². The second kappa shape index (κ2) is 5.03. The smallest absolute Gasteiger partial charge is 0.331 e. The Labute approximate surface area is 116 Å². The van der Waals surface area contributed by atoms with E-state index in [1.165, 1.54) is 4.68 Å². The number of nitrogens with zero attached hydrogens (tertiary/aromatic N) is 6. The van der Waals surface area contributed by atoms with Crippen LogP contribution in [0.2, 0.25) is 0 Å². The highest BCUT2D eigenvalue weighted by Crippen LogP contribution is 2.24. The van der Waals surface area contributed by atoms with Crippen LogP contribution < -0.4 is 0 Å². The number of hydrogen-bond donors (Lipinski definition) is 1. The molecule has 20 heavy (non-hydrogen) atoms. The Morgan fingerprint density at radius 1 is 1.40 bits per heavy atom. The largest absolute Gasteiger partial charge is 0.479 e. The van der Waals surface area contributed by atoms with Gasteiger partial charge in [0, 0.05) is 6.54 Å². The van der Waals surface area contributed by atoms with Crippen LogP contribution in [0.25, 0.3) is 11.5 Å². The third kappa shape index (κ3) is 2.17. The second-order valence-electron chi connectivity index (χ2n) is 4.97. The van der Waals surface area contributed by atoms with Crippen molar-refractivity contribution in [2.75, 3.05) is 0 Å². The summed E-state index contributed by atoms with van der Waals surface area (Å²) in [5.74, 6) is -0.587. The first-order valence-electron chi connectivity index (χ1n) is 6.51. The molecule has 0 saturated carbocycles. The third-order valence-electron chi connectivity index (χ3n) is 3.24. The van der Waals surface area contributed by atoms with Gasteiger partial charge < -0.3 is 5.11 Å². The SMILES string of the molecule is CCc1cc(-c2nnnn2C(C)(C)C(=O)O)n(CC)n1. The normalized spacial score (nSPS) is 11.8. The van der Waals surface area contributed by atoms with Crippen molar-refractivity contribution in [3.05, 3.63) is 11.8 Å². The summed E-state index contributed by atoms with van der Waals surface area (Å²) in [4.78, 5) is 11.4. The molecule has 8 heteroatoms. The van der Waals surface area contributed by atoms with E-state index in [1.807, 2.05) is 19.9 Å². The van der Waals surface area contributed by atoms with E-state index >= 15 is 0 Å². The van der Waals surface area contributed by atoms with Gasteiger partial charge in [0.1, 0.15) is 5.69 Å². The Bertz CT molecular complexity index is 628. The molecule has 0 aliphatic carbocycles. The summed E-state index contributed by atoms with van der Waals surface area (Å²) < 4.78 is 3.09. The van der Waals surface area contributed by atoms with Crippen LogP contribution in [0, 0.1) is 0 Å². The van der Waals surface area contributed by atoms with Crippen LogP contribution in [0.1, 0.15) is 33.4 Å². The standard InChI is InChI=1S/C12H18N6O2/c1-5-8-7-9(17(6-2)14-8)10-13-15-16-18(10)12(3,4)11(19)20/h7H,5-6H2,1-4H3,(H,19,20). The zero-order valence-corrected chi connectivity index (χ0v) is 12.0. The molecule has 0 amide bonds. The van der Waals surface area contributed by atoms with Gasteiger partial charge in [-0.3, -0.25) is 4.68 Å². The third-order valence-corrected chi connectivity index (χ3v) is 3.24. The number of carboxylic acid groups (broad SMARTS) is 1. The summed E-state index contributed by atoms with van der Waals surface area (Å²) in [6.07, 6.45) is 0.796. The lowest BCUT2D eigenvalue weighted by Crippen LogP contribution is -2.37. The average molecular weight is 278 g/mol. The minimum Gasteiger partial charge on any atom is -0.479 e. The Balaban J connectivity index is 2.58. The van der Waals surface area contributed by atoms with E-state index in [0.29, 0.717) is 12.4 Å². The molecule has 2 aromatic heterocycles. The molecule has 0 spiro atoms. The van der Waals surface area contributed by atoms with Gasteiger partial charge in [-0.05, 0) is 43.7 Å². The first-order valence-corrected chi connectivity index (χ1v) is 6.51. The number of hydrogen-bond acceptors (Lipinski definition) is 5. The molecule has 0 fully saturated rings. The van der Waals surface area contributed by atoms with Gasteiger partial charge in [-0.1, -0.05) is 6.92 Å². The van der Waals surface area contributed by atoms with Crippen LogP contribution in [-0.4, -0.2) is 41.1 Å². The molecular formula is C12H18N6O2. The molecule has 1 N–H and O–H groups in total. The summed E-state index contributed by atoms with van der Waals surface area (Å²) in [5.41, 5.74) is 0.418. The fourth-order valence-electron chi connectivity index (χ4n) is 1.88. The first-order chi connectivity index (χ1) is 9.41. The fraction of sp³-hybridized carbons (Fsp3) is 0.583. The molecule has 0 atom stereocenters. The molecule has 0 aliphatic heterocycles. The van der Waals surface area contributed by atoms with E-state index < -0.39 is 11.5 Å². The molecule has 8 nitrogen and oxygen atoms in total. The van der Waals surface area contributed by atoms with Crippen molar-refractivity contribution in [3.63, 3.8) is 0 Å². The van der Waals surface area contributed by atoms with Crippen LogP contribution in [-0.2, 0) is 23.3 Å². The second-order valence-corrected chi connectivity index (χ2v) is 4.97. The van der Waals surface area contributed by atoms with Crippen molar-refractivity contribution in [3.8, 4) is 11.5 Å².